The molecule has 2 aromatic rings. The Hall–Kier alpha value is -2.10. The number of carboxylic acid groups (broad SMARTS) is 1. The van der Waals surface area contributed by atoms with E-state index in [2.05, 4.69) is 23.7 Å². The van der Waals surface area contributed by atoms with E-state index in [1.54, 1.807) is 13.1 Å². The van der Waals surface area contributed by atoms with Gasteiger partial charge < -0.3 is 10.0 Å². The summed E-state index contributed by atoms with van der Waals surface area (Å²) in [4.78, 5) is 17.8. The fourth-order valence-corrected chi connectivity index (χ4v) is 2.46. The minimum Gasteiger partial charge on any atom is -0.481 e. The van der Waals surface area contributed by atoms with Crippen molar-refractivity contribution in [1.82, 2.24) is 4.98 Å². The lowest BCUT2D eigenvalue weighted by Crippen LogP contribution is -2.34. The second-order valence-corrected chi connectivity index (χ2v) is 5.89. The van der Waals surface area contributed by atoms with Crippen LogP contribution in [0.1, 0.15) is 20.8 Å². The topological polar surface area (TPSA) is 53.4 Å². The van der Waals surface area contributed by atoms with E-state index in [1.807, 2.05) is 30.3 Å². The molecule has 0 fully saturated rings. The summed E-state index contributed by atoms with van der Waals surface area (Å²) in [6, 6.07) is 9.99. The second-order valence-electron chi connectivity index (χ2n) is 5.89. The van der Waals surface area contributed by atoms with Gasteiger partial charge in [-0.15, -0.1) is 0 Å². The Kier molecular flexibility index (Phi) is 4.78. The largest absolute Gasteiger partial charge is 0.481 e. The van der Waals surface area contributed by atoms with Gasteiger partial charge in [-0.3, -0.25) is 9.78 Å². The Morgan fingerprint density at radius 1 is 1.19 bits per heavy atom. The van der Waals surface area contributed by atoms with Gasteiger partial charge in [-0.25, -0.2) is 0 Å². The third-order valence-corrected chi connectivity index (χ3v) is 3.45. The first-order valence-corrected chi connectivity index (χ1v) is 7.30. The van der Waals surface area contributed by atoms with E-state index in [-0.39, 0.29) is 0 Å². The first-order valence-electron chi connectivity index (χ1n) is 7.30. The first-order chi connectivity index (χ1) is 9.99. The molecule has 2 rings (SSSR count). The van der Waals surface area contributed by atoms with Gasteiger partial charge in [0.2, 0.25) is 0 Å². The van der Waals surface area contributed by atoms with E-state index < -0.39 is 11.9 Å². The number of fused-ring (bicyclic) bond motifs is 1. The average molecular weight is 286 g/mol. The minimum atomic E-state index is -0.767. The van der Waals surface area contributed by atoms with Crippen molar-refractivity contribution in [2.75, 3.05) is 18.0 Å². The molecule has 0 saturated heterocycles. The lowest BCUT2D eigenvalue weighted by atomic mass is 10.1. The summed E-state index contributed by atoms with van der Waals surface area (Å²) >= 11 is 0. The molecule has 4 nitrogen and oxygen atoms in total. The van der Waals surface area contributed by atoms with Crippen LogP contribution in [0.3, 0.4) is 0 Å². The second kappa shape index (κ2) is 6.57. The Labute approximate surface area is 125 Å². The molecule has 21 heavy (non-hydrogen) atoms. The van der Waals surface area contributed by atoms with E-state index >= 15 is 0 Å². The number of aromatic nitrogens is 1. The monoisotopic (exact) mass is 286 g/mol. The minimum absolute atomic E-state index is 0.414. The normalized spacial score (nSPS) is 12.6. The highest BCUT2D eigenvalue weighted by Gasteiger charge is 2.19. The molecule has 1 N–H and O–H groups in total. The predicted molar refractivity (Wildman–Crippen MR) is 85.6 cm³/mol. The Morgan fingerprint density at radius 3 is 2.57 bits per heavy atom. The summed E-state index contributed by atoms with van der Waals surface area (Å²) in [5, 5.41) is 10.3. The van der Waals surface area contributed by atoms with Crippen LogP contribution in [0, 0.1) is 11.8 Å². The molecule has 1 atom stereocenters. The van der Waals surface area contributed by atoms with Crippen molar-refractivity contribution in [2.45, 2.75) is 20.8 Å². The van der Waals surface area contributed by atoms with Gasteiger partial charge in [-0.2, -0.15) is 0 Å². The lowest BCUT2D eigenvalue weighted by Gasteiger charge is -2.29. The summed E-state index contributed by atoms with van der Waals surface area (Å²) < 4.78 is 0. The van der Waals surface area contributed by atoms with Gasteiger partial charge in [-0.05, 0) is 18.1 Å². The zero-order chi connectivity index (χ0) is 15.4. The maximum absolute atomic E-state index is 11.2. The van der Waals surface area contributed by atoms with Crippen LogP contribution in [0.25, 0.3) is 10.9 Å². The highest BCUT2D eigenvalue weighted by atomic mass is 16.4. The number of hydrogen-bond donors (Lipinski definition) is 1. The Balaban J connectivity index is 2.40. The van der Waals surface area contributed by atoms with Crippen LogP contribution >= 0.6 is 0 Å². The molecule has 0 amide bonds. The quantitative estimate of drug-likeness (QED) is 0.884. The summed E-state index contributed by atoms with van der Waals surface area (Å²) in [7, 11) is 0. The zero-order valence-corrected chi connectivity index (χ0v) is 12.8. The molecule has 0 spiro atoms. The van der Waals surface area contributed by atoms with Gasteiger partial charge in [0.15, 0.2) is 0 Å². The number of hydrogen-bond acceptors (Lipinski definition) is 3. The summed E-state index contributed by atoms with van der Waals surface area (Å²) in [6.07, 6.45) is 1.78. The number of pyridine rings is 1. The molecule has 4 heteroatoms. The van der Waals surface area contributed by atoms with Crippen LogP contribution in [0.2, 0.25) is 0 Å². The summed E-state index contributed by atoms with van der Waals surface area (Å²) in [5.41, 5.74) is 1.94. The molecular formula is C17H22N2O2. The Bertz CT molecular complexity index is 620. The zero-order valence-electron chi connectivity index (χ0n) is 12.8. The third-order valence-electron chi connectivity index (χ3n) is 3.45. The van der Waals surface area contributed by atoms with Crippen molar-refractivity contribution in [1.29, 1.82) is 0 Å². The van der Waals surface area contributed by atoms with Crippen LogP contribution < -0.4 is 4.90 Å². The average Bonchev–Trinajstić information content (AvgIpc) is 2.45. The highest BCUT2D eigenvalue weighted by molar-refractivity contribution is 5.90. The van der Waals surface area contributed by atoms with Crippen LogP contribution in [-0.4, -0.2) is 29.1 Å². The molecule has 1 aromatic heterocycles. The van der Waals surface area contributed by atoms with E-state index in [9.17, 15) is 9.90 Å². The molecule has 0 bridgehead atoms. The van der Waals surface area contributed by atoms with Gasteiger partial charge in [0, 0.05) is 24.7 Å². The van der Waals surface area contributed by atoms with E-state index in [0.717, 1.165) is 23.1 Å². The van der Waals surface area contributed by atoms with Gasteiger partial charge >= 0.3 is 5.97 Å². The van der Waals surface area contributed by atoms with Gasteiger partial charge in [0.05, 0.1) is 17.1 Å². The number of carbonyl (C=O) groups is 1. The van der Waals surface area contributed by atoms with Crippen molar-refractivity contribution in [2.24, 2.45) is 11.8 Å². The van der Waals surface area contributed by atoms with Gasteiger partial charge in [-0.1, -0.05) is 39.0 Å². The Morgan fingerprint density at radius 2 is 1.90 bits per heavy atom. The molecule has 0 saturated carbocycles. The van der Waals surface area contributed by atoms with Crippen LogP contribution in [0.5, 0.6) is 0 Å². The number of anilines is 1. The first kappa shape index (κ1) is 15.3. The van der Waals surface area contributed by atoms with Gasteiger partial charge in [0.1, 0.15) is 0 Å². The van der Waals surface area contributed by atoms with Crippen LogP contribution in [-0.2, 0) is 4.79 Å². The maximum atomic E-state index is 11.2. The predicted octanol–water partition coefficient (Wildman–Crippen LogP) is 3.42. The smallest absolute Gasteiger partial charge is 0.308 e. The SMILES string of the molecule is CC(C)CN(CC(C)C(=O)O)c1cccc2cccnc12. The van der Waals surface area contributed by atoms with Crippen molar-refractivity contribution in [3.05, 3.63) is 36.5 Å². The number of benzene rings is 1. The highest BCUT2D eigenvalue weighted by Crippen LogP contribution is 2.26. The number of aliphatic carboxylic acids is 1. The van der Waals surface area contributed by atoms with Crippen LogP contribution in [0.4, 0.5) is 5.69 Å². The summed E-state index contributed by atoms with van der Waals surface area (Å²) in [5.74, 6) is -0.732. The molecule has 0 radical (unpaired) electrons. The molecule has 0 aliphatic heterocycles. The van der Waals surface area contributed by atoms with Crippen LogP contribution in [0.15, 0.2) is 36.5 Å². The summed E-state index contributed by atoms with van der Waals surface area (Å²) in [6.45, 7) is 7.32. The van der Waals surface area contributed by atoms with Crippen molar-refractivity contribution in [3.63, 3.8) is 0 Å². The third kappa shape index (κ3) is 3.72. The standard InChI is InChI=1S/C17H22N2O2/c1-12(2)10-19(11-13(3)17(20)21)15-8-4-6-14-7-5-9-18-16(14)15/h4-9,12-13H,10-11H2,1-3H3,(H,20,21). The van der Waals surface area contributed by atoms with E-state index in [1.165, 1.54) is 0 Å². The molecule has 1 aromatic carbocycles. The molecule has 0 aliphatic rings. The fourth-order valence-electron chi connectivity index (χ4n) is 2.46. The van der Waals surface area contributed by atoms with E-state index in [0.29, 0.717) is 12.5 Å². The number of para-hydroxylation sites is 1. The molecular weight excluding hydrogens is 264 g/mol. The molecule has 112 valence electrons. The fraction of sp³-hybridized carbons (Fsp3) is 0.412. The molecule has 0 aliphatic carbocycles. The number of rotatable bonds is 6. The van der Waals surface area contributed by atoms with Crippen molar-refractivity contribution >= 4 is 22.6 Å². The maximum Gasteiger partial charge on any atom is 0.308 e. The van der Waals surface area contributed by atoms with Crippen molar-refractivity contribution in [3.8, 4) is 0 Å². The van der Waals surface area contributed by atoms with Gasteiger partial charge in [0.25, 0.3) is 0 Å². The lowest BCUT2D eigenvalue weighted by molar-refractivity contribution is -0.140. The molecule has 1 unspecified atom stereocenters. The van der Waals surface area contributed by atoms with E-state index in [4.69, 9.17) is 0 Å². The number of carboxylic acids is 1. The molecule has 1 heterocycles. The number of nitrogens with zero attached hydrogens (tertiary/aromatic N) is 2. The van der Waals surface area contributed by atoms with Crippen molar-refractivity contribution < 1.29 is 9.90 Å².